The molecule has 3 atom stereocenters. The van der Waals surface area contributed by atoms with Crippen LogP contribution in [0.4, 0.5) is 5.69 Å². The number of fused-ring (bicyclic) bond motifs is 1. The minimum absolute atomic E-state index is 0.00312. The van der Waals surface area contributed by atoms with E-state index in [2.05, 4.69) is 78.5 Å². The molecule has 1 unspecified atom stereocenters. The Morgan fingerprint density at radius 3 is 2.44 bits per heavy atom. The summed E-state index contributed by atoms with van der Waals surface area (Å²) in [4.78, 5) is 24.7. The van der Waals surface area contributed by atoms with Crippen molar-refractivity contribution in [3.8, 4) is 0 Å². The van der Waals surface area contributed by atoms with Gasteiger partial charge >= 0.3 is 0 Å². The molecule has 7 heteroatoms. The molecule has 0 amide bonds. The summed E-state index contributed by atoms with van der Waals surface area (Å²) in [7, 11) is -1.85. The number of aromatic nitrogens is 2. The van der Waals surface area contributed by atoms with E-state index in [1.807, 2.05) is 48.8 Å². The Balaban J connectivity index is 1.52. The van der Waals surface area contributed by atoms with Gasteiger partial charge in [-0.2, -0.15) is 0 Å². The lowest BCUT2D eigenvalue weighted by Crippen LogP contribution is -2.54. The molecule has 1 aromatic carbocycles. The molecule has 192 valence electrons. The fourth-order valence-electron chi connectivity index (χ4n) is 4.86. The number of carbonyl (C=O) groups excluding carboxylic acids is 1. The molecule has 1 aliphatic rings. The van der Waals surface area contributed by atoms with Crippen molar-refractivity contribution in [3.63, 3.8) is 0 Å². The number of piperidine rings is 1. The van der Waals surface area contributed by atoms with Gasteiger partial charge in [0.1, 0.15) is 5.69 Å². The van der Waals surface area contributed by atoms with Gasteiger partial charge in [0.2, 0.25) is 0 Å². The SMILES string of the molecule is C[C@@H]1CN(c2ccncc2CC(=O)c2ccc3ccc(Br)cc3n2)C[C@H](C)C1O[Si](C)(C)C(C)(C)C. The summed E-state index contributed by atoms with van der Waals surface area (Å²) in [5, 5.41) is 1.21. The predicted molar refractivity (Wildman–Crippen MR) is 154 cm³/mol. The van der Waals surface area contributed by atoms with Crippen molar-refractivity contribution in [2.24, 2.45) is 11.8 Å². The van der Waals surface area contributed by atoms with Crippen LogP contribution in [0.3, 0.4) is 0 Å². The highest BCUT2D eigenvalue weighted by atomic mass is 79.9. The van der Waals surface area contributed by atoms with Crippen LogP contribution in [0, 0.1) is 11.8 Å². The number of benzene rings is 1. The van der Waals surface area contributed by atoms with Gasteiger partial charge in [0.05, 0.1) is 11.6 Å². The average Bonchev–Trinajstić information content (AvgIpc) is 2.80. The molecule has 1 fully saturated rings. The lowest BCUT2D eigenvalue weighted by atomic mass is 9.87. The first-order valence-corrected chi connectivity index (χ1v) is 16.5. The Kier molecular flexibility index (Phi) is 7.75. The lowest BCUT2D eigenvalue weighted by molar-refractivity contribution is 0.0627. The Morgan fingerprint density at radius 1 is 1.11 bits per heavy atom. The Labute approximate surface area is 224 Å². The minimum atomic E-state index is -1.85. The Bertz CT molecular complexity index is 1240. The third-order valence-corrected chi connectivity index (χ3v) is 12.9. The maximum absolute atomic E-state index is 13.3. The highest BCUT2D eigenvalue weighted by Gasteiger charge is 2.43. The van der Waals surface area contributed by atoms with E-state index >= 15 is 0 Å². The van der Waals surface area contributed by atoms with Crippen molar-refractivity contribution in [1.29, 1.82) is 0 Å². The molecule has 1 saturated heterocycles. The molecule has 2 aromatic heterocycles. The second-order valence-corrected chi connectivity index (χ2v) is 17.5. The second-order valence-electron chi connectivity index (χ2n) is 11.8. The minimum Gasteiger partial charge on any atom is -0.413 e. The summed E-state index contributed by atoms with van der Waals surface area (Å²) in [6.45, 7) is 18.0. The maximum Gasteiger partial charge on any atom is 0.192 e. The number of hydrogen-bond donors (Lipinski definition) is 0. The van der Waals surface area contributed by atoms with Gasteiger partial charge in [-0.25, -0.2) is 4.98 Å². The second kappa shape index (κ2) is 10.3. The third-order valence-electron chi connectivity index (χ3n) is 7.88. The normalized spacial score (nSPS) is 21.1. The van der Waals surface area contributed by atoms with Crippen LogP contribution in [-0.4, -0.2) is 43.3 Å². The Morgan fingerprint density at radius 2 is 1.78 bits per heavy atom. The van der Waals surface area contributed by atoms with E-state index in [4.69, 9.17) is 4.43 Å². The summed E-state index contributed by atoms with van der Waals surface area (Å²) >= 11 is 3.50. The number of nitrogens with zero attached hydrogens (tertiary/aromatic N) is 3. The monoisotopic (exact) mass is 567 g/mol. The first-order chi connectivity index (χ1) is 16.9. The summed E-state index contributed by atoms with van der Waals surface area (Å²) in [5.41, 5.74) is 3.33. The van der Waals surface area contributed by atoms with Crippen molar-refractivity contribution >= 4 is 46.6 Å². The molecular formula is C29H38BrN3O2Si. The van der Waals surface area contributed by atoms with Crippen molar-refractivity contribution in [3.05, 3.63) is 64.5 Å². The summed E-state index contributed by atoms with van der Waals surface area (Å²) in [5.74, 6) is 0.781. The van der Waals surface area contributed by atoms with Gasteiger partial charge in [0.15, 0.2) is 14.1 Å². The van der Waals surface area contributed by atoms with E-state index in [1.54, 1.807) is 0 Å². The van der Waals surface area contributed by atoms with E-state index in [-0.39, 0.29) is 23.3 Å². The van der Waals surface area contributed by atoms with Gasteiger partial charge in [-0.3, -0.25) is 9.78 Å². The van der Waals surface area contributed by atoms with Gasteiger partial charge in [0.25, 0.3) is 0 Å². The van der Waals surface area contributed by atoms with E-state index in [1.165, 1.54) is 0 Å². The van der Waals surface area contributed by atoms with Crippen LogP contribution in [0.15, 0.2) is 53.3 Å². The Hall–Kier alpha value is -2.09. The molecule has 0 radical (unpaired) electrons. The number of ketones is 1. The molecule has 0 saturated carbocycles. The fourth-order valence-corrected chi connectivity index (χ4v) is 6.71. The lowest BCUT2D eigenvalue weighted by Gasteiger charge is -2.48. The third kappa shape index (κ3) is 5.73. The van der Waals surface area contributed by atoms with Crippen molar-refractivity contribution in [1.82, 2.24) is 9.97 Å². The van der Waals surface area contributed by atoms with Gasteiger partial charge in [0, 0.05) is 53.0 Å². The maximum atomic E-state index is 13.3. The largest absolute Gasteiger partial charge is 0.413 e. The van der Waals surface area contributed by atoms with E-state index < -0.39 is 8.32 Å². The quantitative estimate of drug-likeness (QED) is 0.231. The molecule has 0 spiro atoms. The smallest absolute Gasteiger partial charge is 0.192 e. The van der Waals surface area contributed by atoms with Gasteiger partial charge in [-0.15, -0.1) is 0 Å². The fraction of sp³-hybridized carbons (Fsp3) is 0.483. The number of hydrogen-bond acceptors (Lipinski definition) is 5. The molecule has 1 aliphatic heterocycles. The number of rotatable bonds is 6. The molecule has 0 bridgehead atoms. The topological polar surface area (TPSA) is 55.3 Å². The molecule has 3 heterocycles. The molecule has 36 heavy (non-hydrogen) atoms. The highest BCUT2D eigenvalue weighted by molar-refractivity contribution is 9.10. The number of pyridine rings is 2. The zero-order valence-electron chi connectivity index (χ0n) is 22.5. The predicted octanol–water partition coefficient (Wildman–Crippen LogP) is 7.30. The highest BCUT2D eigenvalue weighted by Crippen LogP contribution is 2.40. The number of Topliss-reactive ketones (excluding diaryl/α,β-unsaturated/α-hetero) is 1. The zero-order valence-corrected chi connectivity index (χ0v) is 25.1. The van der Waals surface area contributed by atoms with Gasteiger partial charge in [-0.05, 0) is 54.2 Å². The van der Waals surface area contributed by atoms with Crippen LogP contribution < -0.4 is 4.90 Å². The van der Waals surface area contributed by atoms with Crippen LogP contribution in [0.25, 0.3) is 10.9 Å². The molecular weight excluding hydrogens is 530 g/mol. The molecule has 3 aromatic rings. The van der Waals surface area contributed by atoms with Crippen LogP contribution in [-0.2, 0) is 10.8 Å². The summed E-state index contributed by atoms with van der Waals surface area (Å²) in [6.07, 6.45) is 4.18. The molecule has 0 N–H and O–H groups in total. The standard InChI is InChI=1S/C29H38BrN3O2Si/c1-19-17-33(18-20(2)28(19)35-36(6,7)29(3,4)5)26-12-13-31-16-22(26)14-27(34)24-11-9-21-8-10-23(30)15-25(21)32-24/h8-13,15-16,19-20,28H,14,17-18H2,1-7H3/t19-,20+,28?. The summed E-state index contributed by atoms with van der Waals surface area (Å²) < 4.78 is 7.83. The van der Waals surface area contributed by atoms with E-state index in [0.717, 1.165) is 39.7 Å². The van der Waals surface area contributed by atoms with E-state index in [0.29, 0.717) is 17.5 Å². The first kappa shape index (κ1) is 27.0. The number of carbonyl (C=O) groups is 1. The van der Waals surface area contributed by atoms with Crippen LogP contribution in [0.5, 0.6) is 0 Å². The van der Waals surface area contributed by atoms with E-state index in [9.17, 15) is 4.79 Å². The number of halogens is 1. The van der Waals surface area contributed by atoms with Crippen molar-refractivity contribution in [2.75, 3.05) is 18.0 Å². The first-order valence-electron chi connectivity index (χ1n) is 12.8. The average molecular weight is 569 g/mol. The molecule has 0 aliphatic carbocycles. The van der Waals surface area contributed by atoms with Crippen LogP contribution in [0.1, 0.15) is 50.7 Å². The van der Waals surface area contributed by atoms with Gasteiger partial charge in [-0.1, -0.05) is 62.7 Å². The number of anilines is 1. The van der Waals surface area contributed by atoms with Crippen molar-refractivity contribution in [2.45, 2.75) is 65.3 Å². The summed E-state index contributed by atoms with van der Waals surface area (Å²) in [6, 6.07) is 11.8. The van der Waals surface area contributed by atoms with Crippen molar-refractivity contribution < 1.29 is 9.22 Å². The van der Waals surface area contributed by atoms with Crippen LogP contribution >= 0.6 is 15.9 Å². The van der Waals surface area contributed by atoms with Gasteiger partial charge < -0.3 is 9.33 Å². The molecule has 4 rings (SSSR count). The molecule has 5 nitrogen and oxygen atoms in total. The van der Waals surface area contributed by atoms with Crippen LogP contribution in [0.2, 0.25) is 18.1 Å². The zero-order chi connectivity index (χ0) is 26.3.